The van der Waals surface area contributed by atoms with Crippen LogP contribution in [0.2, 0.25) is 0 Å². The van der Waals surface area contributed by atoms with Crippen molar-refractivity contribution in [2.75, 3.05) is 0 Å². The van der Waals surface area contributed by atoms with Crippen LogP contribution in [0, 0.1) is 0 Å². The van der Waals surface area contributed by atoms with Crippen molar-refractivity contribution >= 4 is 6.29 Å². The third-order valence-electron chi connectivity index (χ3n) is 2.54. The molecule has 0 aliphatic heterocycles. The highest BCUT2D eigenvalue weighted by Gasteiger charge is 2.41. The van der Waals surface area contributed by atoms with E-state index in [1.807, 2.05) is 6.07 Å². The lowest BCUT2D eigenvalue weighted by Crippen LogP contribution is -2.06. The zero-order valence-corrected chi connectivity index (χ0v) is 7.08. The molecule has 0 N–H and O–H groups in total. The second-order valence-electron chi connectivity index (χ2n) is 3.62. The lowest BCUT2D eigenvalue weighted by atomic mass is 10.0. The normalized spacial score (nSPS) is 18.8. The van der Waals surface area contributed by atoms with Crippen molar-refractivity contribution in [1.29, 1.82) is 0 Å². The molecule has 2 nitrogen and oxygen atoms in total. The Bertz CT molecular complexity index is 315. The summed E-state index contributed by atoms with van der Waals surface area (Å²) in [4.78, 5) is 14.9. The van der Waals surface area contributed by atoms with Crippen molar-refractivity contribution in [1.82, 2.24) is 4.98 Å². The third-order valence-corrected chi connectivity index (χ3v) is 2.54. The van der Waals surface area contributed by atoms with Crippen LogP contribution in [0.15, 0.2) is 18.3 Å². The quantitative estimate of drug-likeness (QED) is 0.620. The molecule has 2 rings (SSSR count). The van der Waals surface area contributed by atoms with Crippen LogP contribution in [0.25, 0.3) is 0 Å². The number of carbonyl (C=O) groups excluding carboxylic acids is 1. The summed E-state index contributed by atoms with van der Waals surface area (Å²) in [5.74, 6) is 0. The summed E-state index contributed by atoms with van der Waals surface area (Å²) in [5, 5.41) is 0. The van der Waals surface area contributed by atoms with Crippen LogP contribution in [-0.4, -0.2) is 11.3 Å². The number of aromatic nitrogens is 1. The lowest BCUT2D eigenvalue weighted by molar-refractivity contribution is 0.112. The van der Waals surface area contributed by atoms with Crippen molar-refractivity contribution in [3.05, 3.63) is 29.6 Å². The Kier molecular flexibility index (Phi) is 1.50. The summed E-state index contributed by atoms with van der Waals surface area (Å²) in [6.45, 7) is 2.16. The van der Waals surface area contributed by atoms with E-state index < -0.39 is 0 Å². The van der Waals surface area contributed by atoms with Gasteiger partial charge in [0.2, 0.25) is 0 Å². The first-order valence-electron chi connectivity index (χ1n) is 4.17. The van der Waals surface area contributed by atoms with Crippen LogP contribution in [0.5, 0.6) is 0 Å². The van der Waals surface area contributed by atoms with Gasteiger partial charge in [0.05, 0.1) is 5.69 Å². The summed E-state index contributed by atoms with van der Waals surface area (Å²) in [6.07, 6.45) is 4.97. The second-order valence-corrected chi connectivity index (χ2v) is 3.62. The first-order valence-corrected chi connectivity index (χ1v) is 4.17. The van der Waals surface area contributed by atoms with E-state index in [1.54, 1.807) is 12.3 Å². The summed E-state index contributed by atoms with van der Waals surface area (Å²) in [5.41, 5.74) is 1.91. The molecule has 2 heteroatoms. The molecule has 0 bridgehead atoms. The fraction of sp³-hybridized carbons (Fsp3) is 0.400. The highest BCUT2D eigenvalue weighted by Crippen LogP contribution is 2.47. The predicted molar refractivity (Wildman–Crippen MR) is 46.2 cm³/mol. The minimum absolute atomic E-state index is 0.192. The predicted octanol–water partition coefficient (Wildman–Crippen LogP) is 1.95. The monoisotopic (exact) mass is 161 g/mol. The van der Waals surface area contributed by atoms with Crippen LogP contribution in [0.4, 0.5) is 0 Å². The van der Waals surface area contributed by atoms with E-state index >= 15 is 0 Å². The molecule has 1 saturated carbocycles. The lowest BCUT2D eigenvalue weighted by Gasteiger charge is -2.08. The average Bonchev–Trinajstić information content (AvgIpc) is 2.85. The van der Waals surface area contributed by atoms with Crippen molar-refractivity contribution in [2.45, 2.75) is 25.2 Å². The Balaban J connectivity index is 2.48. The highest BCUT2D eigenvalue weighted by molar-refractivity contribution is 5.77. The molecule has 0 saturated heterocycles. The molecule has 1 aliphatic rings. The van der Waals surface area contributed by atoms with Gasteiger partial charge < -0.3 is 0 Å². The van der Waals surface area contributed by atoms with E-state index in [9.17, 15) is 4.79 Å². The van der Waals surface area contributed by atoms with Crippen LogP contribution < -0.4 is 0 Å². The molecular formula is C10H11NO. The Morgan fingerprint density at radius 2 is 2.33 bits per heavy atom. The number of pyridine rings is 1. The molecule has 0 unspecified atom stereocenters. The maximum absolute atomic E-state index is 10.7. The number of rotatable bonds is 2. The standard InChI is InChI=1S/C10H11NO/c1-10(4-5-10)9-8(7-12)3-2-6-11-9/h2-3,6-7H,4-5H2,1H3. The molecule has 0 spiro atoms. The zero-order chi connectivity index (χ0) is 8.60. The third kappa shape index (κ3) is 1.04. The maximum atomic E-state index is 10.7. The number of hydrogen-bond acceptors (Lipinski definition) is 2. The molecule has 0 amide bonds. The van der Waals surface area contributed by atoms with Gasteiger partial charge in [0.25, 0.3) is 0 Å². The van der Waals surface area contributed by atoms with Gasteiger partial charge in [-0.3, -0.25) is 9.78 Å². The Morgan fingerprint density at radius 1 is 1.58 bits per heavy atom. The van der Waals surface area contributed by atoms with Crippen molar-refractivity contribution in [3.63, 3.8) is 0 Å². The summed E-state index contributed by atoms with van der Waals surface area (Å²) >= 11 is 0. The van der Waals surface area contributed by atoms with Gasteiger partial charge in [-0.1, -0.05) is 6.92 Å². The van der Waals surface area contributed by atoms with Gasteiger partial charge in [-0.2, -0.15) is 0 Å². The van der Waals surface area contributed by atoms with E-state index in [2.05, 4.69) is 11.9 Å². The smallest absolute Gasteiger partial charge is 0.151 e. The van der Waals surface area contributed by atoms with Gasteiger partial charge in [-0.25, -0.2) is 0 Å². The van der Waals surface area contributed by atoms with Gasteiger partial charge >= 0.3 is 0 Å². The first kappa shape index (κ1) is 7.47. The summed E-state index contributed by atoms with van der Waals surface area (Å²) in [6, 6.07) is 3.64. The molecule has 0 radical (unpaired) electrons. The number of aldehydes is 1. The van der Waals surface area contributed by atoms with Crippen molar-refractivity contribution < 1.29 is 4.79 Å². The molecule has 0 aromatic carbocycles. The fourth-order valence-corrected chi connectivity index (χ4v) is 1.44. The highest BCUT2D eigenvalue weighted by atomic mass is 16.1. The molecule has 1 aromatic rings. The number of carbonyl (C=O) groups is 1. The fourth-order valence-electron chi connectivity index (χ4n) is 1.44. The van der Waals surface area contributed by atoms with Crippen molar-refractivity contribution in [2.24, 2.45) is 0 Å². The molecule has 0 atom stereocenters. The average molecular weight is 161 g/mol. The van der Waals surface area contributed by atoms with Gasteiger partial charge in [0, 0.05) is 17.2 Å². The minimum atomic E-state index is 0.192. The van der Waals surface area contributed by atoms with Gasteiger partial charge in [0.15, 0.2) is 6.29 Å². The molecule has 12 heavy (non-hydrogen) atoms. The summed E-state index contributed by atoms with van der Waals surface area (Å²) in [7, 11) is 0. The van der Waals surface area contributed by atoms with Crippen LogP contribution in [-0.2, 0) is 5.41 Å². The summed E-state index contributed by atoms with van der Waals surface area (Å²) < 4.78 is 0. The van der Waals surface area contributed by atoms with E-state index in [0.717, 1.165) is 30.4 Å². The first-order chi connectivity index (χ1) is 5.76. The van der Waals surface area contributed by atoms with Gasteiger partial charge in [-0.15, -0.1) is 0 Å². The number of hydrogen-bond donors (Lipinski definition) is 0. The number of nitrogens with zero attached hydrogens (tertiary/aromatic N) is 1. The molecule has 62 valence electrons. The van der Waals surface area contributed by atoms with E-state index in [-0.39, 0.29) is 5.41 Å². The second kappa shape index (κ2) is 2.41. The largest absolute Gasteiger partial charge is 0.298 e. The molecule has 1 fully saturated rings. The Hall–Kier alpha value is -1.18. The Labute approximate surface area is 71.6 Å². The van der Waals surface area contributed by atoms with Gasteiger partial charge in [-0.05, 0) is 25.0 Å². The van der Waals surface area contributed by atoms with Crippen molar-refractivity contribution in [3.8, 4) is 0 Å². The molecule has 1 heterocycles. The van der Waals surface area contributed by atoms with E-state index in [4.69, 9.17) is 0 Å². The maximum Gasteiger partial charge on any atom is 0.151 e. The minimum Gasteiger partial charge on any atom is -0.298 e. The molecule has 1 aromatic heterocycles. The SMILES string of the molecule is CC1(c2ncccc2C=O)CC1. The van der Waals surface area contributed by atoms with E-state index in [1.165, 1.54) is 0 Å². The van der Waals surface area contributed by atoms with E-state index in [0.29, 0.717) is 0 Å². The van der Waals surface area contributed by atoms with Gasteiger partial charge in [0.1, 0.15) is 0 Å². The van der Waals surface area contributed by atoms with Crippen LogP contribution in [0.1, 0.15) is 35.8 Å². The van der Waals surface area contributed by atoms with Crippen LogP contribution >= 0.6 is 0 Å². The van der Waals surface area contributed by atoms with Crippen LogP contribution in [0.3, 0.4) is 0 Å². The molecular weight excluding hydrogens is 150 g/mol. The molecule has 1 aliphatic carbocycles. The topological polar surface area (TPSA) is 30.0 Å². The zero-order valence-electron chi connectivity index (χ0n) is 7.08. The Morgan fingerprint density at radius 3 is 2.92 bits per heavy atom.